The molecule has 3 heteroatoms. The Morgan fingerprint density at radius 3 is 2.45 bits per heavy atom. The Kier molecular flexibility index (Phi) is 2.39. The van der Waals surface area contributed by atoms with Crippen molar-refractivity contribution in [1.82, 2.24) is 4.98 Å². The van der Waals surface area contributed by atoms with Crippen LogP contribution in [0.25, 0.3) is 0 Å². The predicted molar refractivity (Wildman–Crippen MR) is 46.3 cm³/mol. The van der Waals surface area contributed by atoms with E-state index in [1.807, 2.05) is 6.92 Å². The molecule has 0 aromatic carbocycles. The number of aldehydes is 1. The van der Waals surface area contributed by atoms with E-state index in [1.54, 1.807) is 0 Å². The third kappa shape index (κ3) is 1.66. The lowest BCUT2D eigenvalue weighted by Gasteiger charge is -1.94. The van der Waals surface area contributed by atoms with E-state index in [2.05, 4.69) is 18.8 Å². The first-order valence-corrected chi connectivity index (χ1v) is 4.39. The fourth-order valence-electron chi connectivity index (χ4n) is 0.786. The van der Waals surface area contributed by atoms with E-state index in [9.17, 15) is 4.79 Å². The molecule has 0 radical (unpaired) electrons. The lowest BCUT2D eigenvalue weighted by Crippen LogP contribution is -1.84. The molecule has 0 saturated carbocycles. The summed E-state index contributed by atoms with van der Waals surface area (Å²) in [6.45, 7) is 6.02. The van der Waals surface area contributed by atoms with Crippen molar-refractivity contribution in [3.05, 3.63) is 15.6 Å². The zero-order valence-electron chi connectivity index (χ0n) is 6.92. The molecule has 0 amide bonds. The van der Waals surface area contributed by atoms with E-state index in [0.717, 1.165) is 21.9 Å². The lowest BCUT2D eigenvalue weighted by molar-refractivity contribution is 0.112. The summed E-state index contributed by atoms with van der Waals surface area (Å²) in [6.07, 6.45) is 0.874. The number of rotatable bonds is 2. The summed E-state index contributed by atoms with van der Waals surface area (Å²) >= 11 is 1.49. The average Bonchev–Trinajstić information content (AvgIpc) is 2.31. The molecular weight excluding hydrogens is 158 g/mol. The standard InChI is InChI=1S/C8H11NOS/c1-5(2)8-9-6(3)7(4-10)11-8/h4-5H,1-3H3. The quantitative estimate of drug-likeness (QED) is 0.636. The van der Waals surface area contributed by atoms with Crippen molar-refractivity contribution < 1.29 is 4.79 Å². The van der Waals surface area contributed by atoms with Crippen LogP contribution < -0.4 is 0 Å². The van der Waals surface area contributed by atoms with E-state index in [4.69, 9.17) is 0 Å². The van der Waals surface area contributed by atoms with Crippen LogP contribution in [-0.2, 0) is 0 Å². The maximum absolute atomic E-state index is 10.4. The van der Waals surface area contributed by atoms with Gasteiger partial charge in [-0.3, -0.25) is 4.79 Å². The molecule has 11 heavy (non-hydrogen) atoms. The van der Waals surface area contributed by atoms with Gasteiger partial charge in [0.25, 0.3) is 0 Å². The van der Waals surface area contributed by atoms with Crippen LogP contribution in [0.1, 0.15) is 40.1 Å². The highest BCUT2D eigenvalue weighted by Crippen LogP contribution is 2.22. The largest absolute Gasteiger partial charge is 0.297 e. The average molecular weight is 169 g/mol. The van der Waals surface area contributed by atoms with Crippen molar-refractivity contribution in [1.29, 1.82) is 0 Å². The molecule has 0 aliphatic carbocycles. The van der Waals surface area contributed by atoms with Gasteiger partial charge in [-0.25, -0.2) is 4.98 Å². The van der Waals surface area contributed by atoms with Gasteiger partial charge in [-0.15, -0.1) is 11.3 Å². The smallest absolute Gasteiger partial charge is 0.161 e. The summed E-state index contributed by atoms with van der Waals surface area (Å²) in [4.78, 5) is 15.5. The van der Waals surface area contributed by atoms with Gasteiger partial charge in [0.1, 0.15) is 0 Å². The molecule has 0 bridgehead atoms. The fourth-order valence-corrected chi connectivity index (χ4v) is 1.67. The van der Waals surface area contributed by atoms with E-state index >= 15 is 0 Å². The van der Waals surface area contributed by atoms with Gasteiger partial charge >= 0.3 is 0 Å². The third-order valence-corrected chi connectivity index (χ3v) is 2.83. The fraction of sp³-hybridized carbons (Fsp3) is 0.500. The summed E-state index contributed by atoms with van der Waals surface area (Å²) in [5.41, 5.74) is 0.855. The van der Waals surface area contributed by atoms with Gasteiger partial charge < -0.3 is 0 Å². The van der Waals surface area contributed by atoms with Gasteiger partial charge in [0.2, 0.25) is 0 Å². The van der Waals surface area contributed by atoms with Crippen LogP contribution in [0.15, 0.2) is 0 Å². The Hall–Kier alpha value is -0.700. The molecule has 0 fully saturated rings. The van der Waals surface area contributed by atoms with Crippen molar-refractivity contribution in [2.75, 3.05) is 0 Å². The molecule has 0 atom stereocenters. The van der Waals surface area contributed by atoms with Crippen LogP contribution in [0, 0.1) is 6.92 Å². The maximum atomic E-state index is 10.4. The number of carbonyl (C=O) groups is 1. The first-order chi connectivity index (χ1) is 5.15. The molecule has 0 N–H and O–H groups in total. The summed E-state index contributed by atoms with van der Waals surface area (Å²) in [5, 5.41) is 1.05. The number of nitrogens with zero attached hydrogens (tertiary/aromatic N) is 1. The van der Waals surface area contributed by atoms with Crippen molar-refractivity contribution in [3.63, 3.8) is 0 Å². The van der Waals surface area contributed by atoms with Crippen molar-refractivity contribution in [3.8, 4) is 0 Å². The molecule has 0 saturated heterocycles. The molecule has 0 aliphatic heterocycles. The second-order valence-corrected chi connectivity index (χ2v) is 3.84. The Morgan fingerprint density at radius 2 is 2.18 bits per heavy atom. The van der Waals surface area contributed by atoms with Crippen LogP contribution in [0.4, 0.5) is 0 Å². The van der Waals surface area contributed by atoms with Crippen LogP contribution in [0.2, 0.25) is 0 Å². The minimum Gasteiger partial charge on any atom is -0.297 e. The maximum Gasteiger partial charge on any atom is 0.161 e. The topological polar surface area (TPSA) is 30.0 Å². The third-order valence-electron chi connectivity index (χ3n) is 1.45. The highest BCUT2D eigenvalue weighted by atomic mass is 32.1. The number of aryl methyl sites for hydroxylation is 1. The molecule has 0 aliphatic rings. The summed E-state index contributed by atoms with van der Waals surface area (Å²) in [6, 6.07) is 0. The van der Waals surface area contributed by atoms with E-state index < -0.39 is 0 Å². The van der Waals surface area contributed by atoms with Gasteiger partial charge in [0.05, 0.1) is 15.6 Å². The number of hydrogen-bond acceptors (Lipinski definition) is 3. The zero-order valence-corrected chi connectivity index (χ0v) is 7.73. The minimum absolute atomic E-state index is 0.424. The van der Waals surface area contributed by atoms with E-state index in [1.165, 1.54) is 11.3 Å². The van der Waals surface area contributed by atoms with Gasteiger partial charge in [-0.2, -0.15) is 0 Å². The molecule has 2 nitrogen and oxygen atoms in total. The molecule has 1 heterocycles. The van der Waals surface area contributed by atoms with Gasteiger partial charge in [-0.05, 0) is 6.92 Å². The molecule has 60 valence electrons. The first kappa shape index (κ1) is 8.40. The second-order valence-electron chi connectivity index (χ2n) is 2.77. The first-order valence-electron chi connectivity index (χ1n) is 3.57. The highest BCUT2D eigenvalue weighted by molar-refractivity contribution is 7.13. The van der Waals surface area contributed by atoms with Crippen molar-refractivity contribution in [2.24, 2.45) is 0 Å². The Bertz CT molecular complexity index is 265. The number of hydrogen-bond donors (Lipinski definition) is 0. The van der Waals surface area contributed by atoms with Crippen LogP contribution in [-0.4, -0.2) is 11.3 Å². The van der Waals surface area contributed by atoms with Crippen molar-refractivity contribution in [2.45, 2.75) is 26.7 Å². The normalized spacial score (nSPS) is 10.5. The Balaban J connectivity index is 3.04. The Morgan fingerprint density at radius 1 is 1.55 bits per heavy atom. The number of thiazole rings is 1. The SMILES string of the molecule is Cc1nc(C(C)C)sc1C=O. The van der Waals surface area contributed by atoms with E-state index in [0.29, 0.717) is 5.92 Å². The Labute approximate surface area is 70.3 Å². The van der Waals surface area contributed by atoms with E-state index in [-0.39, 0.29) is 0 Å². The number of aromatic nitrogens is 1. The van der Waals surface area contributed by atoms with Gasteiger partial charge in [-0.1, -0.05) is 13.8 Å². The van der Waals surface area contributed by atoms with Gasteiger partial charge in [0, 0.05) is 5.92 Å². The summed E-state index contributed by atoms with van der Waals surface area (Å²) in [7, 11) is 0. The second kappa shape index (κ2) is 3.13. The van der Waals surface area contributed by atoms with Crippen molar-refractivity contribution >= 4 is 17.6 Å². The molecule has 1 aromatic heterocycles. The van der Waals surface area contributed by atoms with Crippen LogP contribution in [0.3, 0.4) is 0 Å². The minimum atomic E-state index is 0.424. The van der Waals surface area contributed by atoms with Gasteiger partial charge in [0.15, 0.2) is 6.29 Å². The predicted octanol–water partition coefficient (Wildman–Crippen LogP) is 2.39. The highest BCUT2D eigenvalue weighted by Gasteiger charge is 2.08. The lowest BCUT2D eigenvalue weighted by atomic mass is 10.2. The molecule has 1 rings (SSSR count). The summed E-state index contributed by atoms with van der Waals surface area (Å²) in [5.74, 6) is 0.424. The summed E-state index contributed by atoms with van der Waals surface area (Å²) < 4.78 is 0. The molecular formula is C8H11NOS. The number of carbonyl (C=O) groups excluding carboxylic acids is 1. The molecule has 0 spiro atoms. The van der Waals surface area contributed by atoms with Crippen LogP contribution in [0.5, 0.6) is 0 Å². The molecule has 0 unspecified atom stereocenters. The zero-order chi connectivity index (χ0) is 8.43. The monoisotopic (exact) mass is 169 g/mol. The van der Waals surface area contributed by atoms with Crippen LogP contribution >= 0.6 is 11.3 Å². The molecule has 1 aromatic rings.